The number of carbonyl (C=O) groups is 1. The maximum atomic E-state index is 12.9. The molecule has 158 valence electrons. The second-order valence-corrected chi connectivity index (χ2v) is 8.88. The van der Waals surface area contributed by atoms with Crippen molar-refractivity contribution < 1.29 is 4.79 Å². The van der Waals surface area contributed by atoms with Crippen molar-refractivity contribution in [3.8, 4) is 0 Å². The summed E-state index contributed by atoms with van der Waals surface area (Å²) < 4.78 is 1.54. The van der Waals surface area contributed by atoms with Crippen LogP contribution in [-0.4, -0.2) is 15.5 Å². The lowest BCUT2D eigenvalue weighted by molar-refractivity contribution is -0.122. The largest absolute Gasteiger partial charge is 0.349 e. The summed E-state index contributed by atoms with van der Waals surface area (Å²) in [5.41, 5.74) is 3.11. The van der Waals surface area contributed by atoms with Gasteiger partial charge in [-0.15, -0.1) is 11.3 Å². The fourth-order valence-electron chi connectivity index (χ4n) is 3.71. The van der Waals surface area contributed by atoms with E-state index in [2.05, 4.69) is 22.4 Å². The minimum Gasteiger partial charge on any atom is -0.349 e. The first kappa shape index (κ1) is 21.0. The highest BCUT2D eigenvalue weighted by Gasteiger charge is 2.16. The molecule has 0 bridgehead atoms. The highest BCUT2D eigenvalue weighted by molar-refractivity contribution is 7.18. The van der Waals surface area contributed by atoms with E-state index in [4.69, 9.17) is 0 Å². The molecule has 6 heteroatoms. The van der Waals surface area contributed by atoms with Gasteiger partial charge in [0, 0.05) is 17.8 Å². The van der Waals surface area contributed by atoms with Crippen molar-refractivity contribution in [1.82, 2.24) is 14.9 Å². The molecule has 0 spiro atoms. The van der Waals surface area contributed by atoms with Gasteiger partial charge in [0.1, 0.15) is 4.83 Å². The summed E-state index contributed by atoms with van der Waals surface area (Å²) in [6.45, 7) is 4.24. The molecule has 0 aliphatic heterocycles. The molecule has 0 saturated carbocycles. The van der Waals surface area contributed by atoms with E-state index in [0.29, 0.717) is 18.4 Å². The van der Waals surface area contributed by atoms with Crippen molar-refractivity contribution in [3.63, 3.8) is 0 Å². The van der Waals surface area contributed by atoms with Crippen molar-refractivity contribution in [2.75, 3.05) is 0 Å². The molecule has 2 aromatic carbocycles. The minimum atomic E-state index is -0.129. The van der Waals surface area contributed by atoms with Gasteiger partial charge >= 0.3 is 0 Å². The van der Waals surface area contributed by atoms with Crippen molar-refractivity contribution in [1.29, 1.82) is 0 Å². The van der Waals surface area contributed by atoms with Gasteiger partial charge in [-0.1, -0.05) is 60.7 Å². The van der Waals surface area contributed by atoms with Crippen LogP contribution in [0.3, 0.4) is 0 Å². The molecule has 1 N–H and O–H groups in total. The predicted octanol–water partition coefficient (Wildman–Crippen LogP) is 4.57. The molecule has 0 radical (unpaired) electrons. The molecular formula is C25H25N3O2S. The van der Waals surface area contributed by atoms with Gasteiger partial charge in [0.2, 0.25) is 5.91 Å². The lowest BCUT2D eigenvalue weighted by Gasteiger charge is -2.20. The Morgan fingerprint density at radius 3 is 2.45 bits per heavy atom. The average molecular weight is 432 g/mol. The summed E-state index contributed by atoms with van der Waals surface area (Å²) in [5, 5.41) is 3.82. The van der Waals surface area contributed by atoms with Crippen LogP contribution in [0.5, 0.6) is 0 Å². The number of benzene rings is 2. The molecule has 2 heterocycles. The van der Waals surface area contributed by atoms with Crippen LogP contribution in [0.15, 0.2) is 71.8 Å². The lowest BCUT2D eigenvalue weighted by atomic mass is 9.98. The van der Waals surface area contributed by atoms with Crippen LogP contribution in [0.2, 0.25) is 0 Å². The van der Waals surface area contributed by atoms with Crippen LogP contribution in [0.1, 0.15) is 34.0 Å². The Bertz CT molecular complexity index is 1250. The van der Waals surface area contributed by atoms with E-state index in [-0.39, 0.29) is 23.9 Å². The normalized spacial score (nSPS) is 12.1. The number of thiophene rings is 1. The number of rotatable bonds is 7. The van der Waals surface area contributed by atoms with E-state index in [1.807, 2.05) is 62.4 Å². The third-order valence-corrected chi connectivity index (χ3v) is 6.67. The molecule has 5 nitrogen and oxygen atoms in total. The number of aryl methyl sites for hydroxylation is 3. The highest BCUT2D eigenvalue weighted by Crippen LogP contribution is 2.25. The van der Waals surface area contributed by atoms with Gasteiger partial charge in [-0.05, 0) is 37.0 Å². The molecular weight excluding hydrogens is 406 g/mol. The van der Waals surface area contributed by atoms with Gasteiger partial charge in [0.15, 0.2) is 0 Å². The standard InChI is InChI=1S/C25H25N3O2S/c1-17-18(2)31-24-23(17)25(30)28(16-26-24)14-13-22(29)27-21(20-11-7-4-8-12-20)15-19-9-5-3-6-10-19/h3-12,16,21H,13-15H2,1-2H3,(H,27,29). The SMILES string of the molecule is Cc1sc2ncn(CCC(=O)NC(Cc3ccccc3)c3ccccc3)c(=O)c2c1C. The van der Waals surface area contributed by atoms with Gasteiger partial charge in [-0.25, -0.2) is 4.98 Å². The van der Waals surface area contributed by atoms with Gasteiger partial charge in [-0.2, -0.15) is 0 Å². The van der Waals surface area contributed by atoms with Crippen LogP contribution >= 0.6 is 11.3 Å². The Labute approximate surface area is 185 Å². The maximum Gasteiger partial charge on any atom is 0.262 e. The van der Waals surface area contributed by atoms with E-state index >= 15 is 0 Å². The maximum absolute atomic E-state index is 12.9. The monoisotopic (exact) mass is 431 g/mol. The number of aromatic nitrogens is 2. The molecule has 1 amide bonds. The Morgan fingerprint density at radius 1 is 1.06 bits per heavy atom. The Kier molecular flexibility index (Phi) is 6.28. The van der Waals surface area contributed by atoms with Gasteiger partial charge in [-0.3, -0.25) is 14.2 Å². The van der Waals surface area contributed by atoms with Crippen molar-refractivity contribution >= 4 is 27.5 Å². The number of hydrogen-bond acceptors (Lipinski definition) is 4. The molecule has 1 unspecified atom stereocenters. The van der Waals surface area contributed by atoms with Crippen molar-refractivity contribution in [3.05, 3.63) is 98.9 Å². The smallest absolute Gasteiger partial charge is 0.262 e. The summed E-state index contributed by atoms with van der Waals surface area (Å²) in [6.07, 6.45) is 2.47. The van der Waals surface area contributed by atoms with Crippen molar-refractivity contribution in [2.45, 2.75) is 39.3 Å². The zero-order valence-electron chi connectivity index (χ0n) is 17.7. The first-order valence-corrected chi connectivity index (χ1v) is 11.2. The molecule has 1 atom stereocenters. The fourth-order valence-corrected chi connectivity index (χ4v) is 4.69. The third-order valence-electron chi connectivity index (χ3n) is 5.56. The summed E-state index contributed by atoms with van der Waals surface area (Å²) in [7, 11) is 0. The Hall–Kier alpha value is -3.25. The van der Waals surface area contributed by atoms with Crippen LogP contribution in [0.25, 0.3) is 10.2 Å². The first-order chi connectivity index (χ1) is 15.0. The van der Waals surface area contributed by atoms with Crippen LogP contribution < -0.4 is 10.9 Å². The number of amides is 1. The summed E-state index contributed by atoms with van der Waals surface area (Å²) in [6, 6.07) is 20.0. The first-order valence-electron chi connectivity index (χ1n) is 10.4. The molecule has 0 fully saturated rings. The quantitative estimate of drug-likeness (QED) is 0.466. The summed E-state index contributed by atoms with van der Waals surface area (Å²) in [4.78, 5) is 31.9. The lowest BCUT2D eigenvalue weighted by Crippen LogP contribution is -2.31. The predicted molar refractivity (Wildman–Crippen MR) is 125 cm³/mol. The number of hydrogen-bond donors (Lipinski definition) is 1. The summed E-state index contributed by atoms with van der Waals surface area (Å²) >= 11 is 1.53. The van der Waals surface area contributed by atoms with E-state index in [0.717, 1.165) is 26.4 Å². The molecule has 4 rings (SSSR count). The zero-order chi connectivity index (χ0) is 21.8. The molecule has 2 aromatic heterocycles. The zero-order valence-corrected chi connectivity index (χ0v) is 18.5. The van der Waals surface area contributed by atoms with E-state index in [9.17, 15) is 9.59 Å². The van der Waals surface area contributed by atoms with E-state index in [1.54, 1.807) is 6.33 Å². The average Bonchev–Trinajstić information content (AvgIpc) is 3.08. The Morgan fingerprint density at radius 2 is 1.74 bits per heavy atom. The van der Waals surface area contributed by atoms with Crippen LogP contribution in [0, 0.1) is 13.8 Å². The Balaban J connectivity index is 1.48. The number of carbonyl (C=O) groups excluding carboxylic acids is 1. The van der Waals surface area contributed by atoms with Crippen molar-refractivity contribution in [2.24, 2.45) is 0 Å². The van der Waals surface area contributed by atoms with Crippen LogP contribution in [0.4, 0.5) is 0 Å². The molecule has 4 aromatic rings. The highest BCUT2D eigenvalue weighted by atomic mass is 32.1. The topological polar surface area (TPSA) is 64.0 Å². The number of nitrogens with one attached hydrogen (secondary N) is 1. The second-order valence-electron chi connectivity index (χ2n) is 7.68. The number of fused-ring (bicyclic) bond motifs is 1. The fraction of sp³-hybridized carbons (Fsp3) is 0.240. The molecule has 0 saturated heterocycles. The number of nitrogens with zero attached hydrogens (tertiary/aromatic N) is 2. The summed E-state index contributed by atoms with van der Waals surface area (Å²) in [5.74, 6) is -0.0880. The van der Waals surface area contributed by atoms with Gasteiger partial charge in [0.05, 0.1) is 17.8 Å². The third kappa shape index (κ3) is 4.75. The van der Waals surface area contributed by atoms with Gasteiger partial charge < -0.3 is 5.32 Å². The van der Waals surface area contributed by atoms with Crippen LogP contribution in [-0.2, 0) is 17.8 Å². The molecule has 0 aliphatic carbocycles. The van der Waals surface area contributed by atoms with Gasteiger partial charge in [0.25, 0.3) is 5.56 Å². The minimum absolute atomic E-state index is 0.0801. The van der Waals surface area contributed by atoms with E-state index in [1.165, 1.54) is 15.9 Å². The molecule has 31 heavy (non-hydrogen) atoms. The molecule has 0 aliphatic rings. The second kappa shape index (κ2) is 9.27. The van der Waals surface area contributed by atoms with E-state index < -0.39 is 0 Å².